The van der Waals surface area contributed by atoms with Crippen molar-refractivity contribution in [3.63, 3.8) is 0 Å². The van der Waals surface area contributed by atoms with Crippen LogP contribution in [0.25, 0.3) is 0 Å². The van der Waals surface area contributed by atoms with Crippen LogP contribution >= 0.6 is 24.0 Å². The third kappa shape index (κ3) is 13.7. The molecule has 29 heavy (non-hydrogen) atoms. The first-order chi connectivity index (χ1) is 13.9. The molecule has 2 fully saturated rings. The molecule has 7 heteroatoms. The Morgan fingerprint density at radius 3 is 2.59 bits per heavy atom. The van der Waals surface area contributed by atoms with E-state index in [4.69, 9.17) is 9.47 Å². The molecule has 2 aliphatic rings. The van der Waals surface area contributed by atoms with Crippen LogP contribution in [0, 0.1) is 5.92 Å². The van der Waals surface area contributed by atoms with Gasteiger partial charge < -0.3 is 25.0 Å². The van der Waals surface area contributed by atoms with Crippen molar-refractivity contribution in [2.45, 2.75) is 64.7 Å². The predicted molar refractivity (Wildman–Crippen MR) is 133 cm³/mol. The number of likely N-dealkylation sites (tertiary alicyclic amines) is 1. The molecule has 2 aliphatic heterocycles. The number of ether oxygens (including phenoxy) is 2. The Morgan fingerprint density at radius 1 is 1.03 bits per heavy atom. The van der Waals surface area contributed by atoms with Gasteiger partial charge in [0.05, 0.1) is 0 Å². The van der Waals surface area contributed by atoms with E-state index < -0.39 is 0 Å². The minimum Gasteiger partial charge on any atom is -0.381 e. The molecular weight excluding hydrogens is 479 g/mol. The van der Waals surface area contributed by atoms with Crippen LogP contribution in [0.4, 0.5) is 0 Å². The van der Waals surface area contributed by atoms with Crippen LogP contribution in [-0.4, -0.2) is 76.6 Å². The largest absolute Gasteiger partial charge is 0.381 e. The molecule has 0 bridgehead atoms. The summed E-state index contributed by atoms with van der Waals surface area (Å²) in [5.41, 5.74) is 0. The molecule has 2 rings (SSSR count). The number of hydrogen-bond donors (Lipinski definition) is 2. The van der Waals surface area contributed by atoms with Crippen LogP contribution in [0.1, 0.15) is 64.7 Å². The van der Waals surface area contributed by atoms with E-state index in [0.29, 0.717) is 5.92 Å². The van der Waals surface area contributed by atoms with Crippen molar-refractivity contribution in [3.05, 3.63) is 0 Å². The quantitative estimate of drug-likeness (QED) is 0.167. The maximum absolute atomic E-state index is 5.82. The molecule has 6 nitrogen and oxygen atoms in total. The smallest absolute Gasteiger partial charge is 0.191 e. The normalized spacial score (nSPS) is 19.0. The Labute approximate surface area is 196 Å². The first-order valence-corrected chi connectivity index (χ1v) is 11.8. The standard InChI is InChI=1S/C22H44N4O2.HI/c1-2-23-22(24-12-5-3-6-14-26-15-7-4-8-16-26)25-13-9-17-28-20-21-10-18-27-19-11-21;/h21H,2-20H2,1H3,(H2,23,24,25);1H. The first-order valence-electron chi connectivity index (χ1n) is 11.8. The maximum atomic E-state index is 5.82. The number of hydrogen-bond acceptors (Lipinski definition) is 4. The van der Waals surface area contributed by atoms with Crippen LogP contribution in [0.3, 0.4) is 0 Å². The summed E-state index contributed by atoms with van der Waals surface area (Å²) in [4.78, 5) is 7.31. The van der Waals surface area contributed by atoms with Crippen molar-refractivity contribution in [2.24, 2.45) is 10.9 Å². The Balaban J connectivity index is 0.00000420. The lowest BCUT2D eigenvalue weighted by Crippen LogP contribution is -2.38. The number of halogens is 1. The zero-order valence-electron chi connectivity index (χ0n) is 18.6. The molecule has 2 heterocycles. The van der Waals surface area contributed by atoms with E-state index in [9.17, 15) is 0 Å². The molecule has 0 unspecified atom stereocenters. The molecule has 0 aromatic rings. The average molecular weight is 525 g/mol. The van der Waals surface area contributed by atoms with Crippen molar-refractivity contribution >= 4 is 29.9 Å². The van der Waals surface area contributed by atoms with Gasteiger partial charge in [-0.1, -0.05) is 12.8 Å². The molecule has 172 valence electrons. The van der Waals surface area contributed by atoms with Gasteiger partial charge in [0.1, 0.15) is 0 Å². The first kappa shape index (κ1) is 26.9. The summed E-state index contributed by atoms with van der Waals surface area (Å²) in [5.74, 6) is 1.63. The van der Waals surface area contributed by atoms with Gasteiger partial charge in [0.25, 0.3) is 0 Å². The topological polar surface area (TPSA) is 58.1 Å². The fourth-order valence-electron chi connectivity index (χ4n) is 3.89. The van der Waals surface area contributed by atoms with E-state index >= 15 is 0 Å². The molecule has 2 N–H and O–H groups in total. The Morgan fingerprint density at radius 2 is 1.83 bits per heavy atom. The van der Waals surface area contributed by atoms with Gasteiger partial charge in [0.15, 0.2) is 5.96 Å². The summed E-state index contributed by atoms with van der Waals surface area (Å²) in [5, 5.41) is 6.82. The third-order valence-corrected chi connectivity index (χ3v) is 5.65. The highest BCUT2D eigenvalue weighted by Crippen LogP contribution is 2.14. The van der Waals surface area contributed by atoms with Crippen LogP contribution in [0.15, 0.2) is 4.99 Å². The lowest BCUT2D eigenvalue weighted by atomic mass is 10.0. The summed E-state index contributed by atoms with van der Waals surface area (Å²) in [6, 6.07) is 0. The molecule has 0 saturated carbocycles. The minimum atomic E-state index is 0. The van der Waals surface area contributed by atoms with Crippen LogP contribution in [-0.2, 0) is 9.47 Å². The predicted octanol–water partition coefficient (Wildman–Crippen LogP) is 3.65. The summed E-state index contributed by atoms with van der Waals surface area (Å²) in [6.07, 6.45) is 11.3. The lowest BCUT2D eigenvalue weighted by Gasteiger charge is -2.26. The van der Waals surface area contributed by atoms with E-state index in [1.807, 2.05) is 0 Å². The van der Waals surface area contributed by atoms with E-state index in [0.717, 1.165) is 71.3 Å². The van der Waals surface area contributed by atoms with Gasteiger partial charge >= 0.3 is 0 Å². The molecule has 0 spiro atoms. The molecule has 0 atom stereocenters. The number of rotatable bonds is 13. The second kappa shape index (κ2) is 18.6. The van der Waals surface area contributed by atoms with Crippen molar-refractivity contribution in [1.29, 1.82) is 0 Å². The number of nitrogens with zero attached hydrogens (tertiary/aromatic N) is 2. The lowest BCUT2D eigenvalue weighted by molar-refractivity contribution is 0.0205. The minimum absolute atomic E-state index is 0. The van der Waals surface area contributed by atoms with Crippen molar-refractivity contribution in [1.82, 2.24) is 15.5 Å². The third-order valence-electron chi connectivity index (χ3n) is 5.65. The second-order valence-electron chi connectivity index (χ2n) is 8.13. The van der Waals surface area contributed by atoms with E-state index in [1.165, 1.54) is 58.2 Å². The summed E-state index contributed by atoms with van der Waals surface area (Å²) in [7, 11) is 0. The van der Waals surface area contributed by atoms with Gasteiger partial charge in [0, 0.05) is 46.1 Å². The Kier molecular flexibility index (Phi) is 17.3. The summed E-state index contributed by atoms with van der Waals surface area (Å²) in [6.45, 7) is 12.2. The molecule has 0 amide bonds. The summed E-state index contributed by atoms with van der Waals surface area (Å²) < 4.78 is 11.2. The number of nitrogens with one attached hydrogen (secondary N) is 2. The zero-order chi connectivity index (χ0) is 19.7. The van der Waals surface area contributed by atoms with E-state index in [2.05, 4.69) is 27.4 Å². The maximum Gasteiger partial charge on any atom is 0.191 e. The fourth-order valence-corrected chi connectivity index (χ4v) is 3.89. The number of aliphatic imine (C=N–C) groups is 1. The Bertz CT molecular complexity index is 400. The van der Waals surface area contributed by atoms with Gasteiger partial charge in [-0.15, -0.1) is 24.0 Å². The van der Waals surface area contributed by atoms with Crippen LogP contribution in [0.5, 0.6) is 0 Å². The van der Waals surface area contributed by atoms with Gasteiger partial charge in [-0.05, 0) is 77.4 Å². The summed E-state index contributed by atoms with van der Waals surface area (Å²) >= 11 is 0. The highest BCUT2D eigenvalue weighted by Gasteiger charge is 2.13. The molecule has 0 aromatic carbocycles. The van der Waals surface area contributed by atoms with E-state index in [1.54, 1.807) is 0 Å². The van der Waals surface area contributed by atoms with Crippen molar-refractivity contribution in [3.8, 4) is 0 Å². The zero-order valence-corrected chi connectivity index (χ0v) is 21.0. The molecule has 0 aliphatic carbocycles. The van der Waals surface area contributed by atoms with Gasteiger partial charge in [-0.25, -0.2) is 0 Å². The molecule has 2 saturated heterocycles. The second-order valence-corrected chi connectivity index (χ2v) is 8.13. The fraction of sp³-hybridized carbons (Fsp3) is 0.955. The van der Waals surface area contributed by atoms with Crippen molar-refractivity contribution in [2.75, 3.05) is 65.7 Å². The van der Waals surface area contributed by atoms with Crippen LogP contribution < -0.4 is 10.6 Å². The number of guanidine groups is 1. The molecule has 0 aromatic heterocycles. The monoisotopic (exact) mass is 524 g/mol. The SMILES string of the molecule is CCNC(=NCCCOCC1CCOCC1)NCCCCCN1CCCCC1.I. The number of piperidine rings is 1. The molecular formula is C22H45IN4O2. The van der Waals surface area contributed by atoms with Gasteiger partial charge in [-0.2, -0.15) is 0 Å². The van der Waals surface area contributed by atoms with E-state index in [-0.39, 0.29) is 24.0 Å². The van der Waals surface area contributed by atoms with Crippen LogP contribution in [0.2, 0.25) is 0 Å². The Hall–Kier alpha value is -0.120. The highest BCUT2D eigenvalue weighted by molar-refractivity contribution is 14.0. The van der Waals surface area contributed by atoms with Crippen molar-refractivity contribution < 1.29 is 9.47 Å². The molecule has 0 radical (unpaired) electrons. The number of unbranched alkanes of at least 4 members (excludes halogenated alkanes) is 2. The highest BCUT2D eigenvalue weighted by atomic mass is 127. The average Bonchev–Trinajstić information content (AvgIpc) is 2.74. The van der Waals surface area contributed by atoms with Gasteiger partial charge in [-0.3, -0.25) is 4.99 Å². The van der Waals surface area contributed by atoms with Gasteiger partial charge in [0.2, 0.25) is 0 Å².